The second kappa shape index (κ2) is 5.50. The van der Waals surface area contributed by atoms with Crippen molar-refractivity contribution in [3.63, 3.8) is 0 Å². The molecule has 2 rings (SSSR count). The lowest BCUT2D eigenvalue weighted by Gasteiger charge is -2.02. The number of rotatable bonds is 3. The Bertz CT molecular complexity index is 511. The van der Waals surface area contributed by atoms with E-state index < -0.39 is 0 Å². The van der Waals surface area contributed by atoms with Gasteiger partial charge in [-0.3, -0.25) is 9.59 Å². The SMILES string of the molecule is N#CCNC(=O)Cn1cc2c(c1)C(=O)CCCC2. The van der Waals surface area contributed by atoms with Gasteiger partial charge in [0.15, 0.2) is 5.78 Å². The minimum atomic E-state index is -0.214. The van der Waals surface area contributed by atoms with Crippen LogP contribution in [0.25, 0.3) is 0 Å². The van der Waals surface area contributed by atoms with Crippen molar-refractivity contribution in [2.24, 2.45) is 0 Å². The average molecular weight is 245 g/mol. The zero-order valence-electron chi connectivity index (χ0n) is 10.1. The summed E-state index contributed by atoms with van der Waals surface area (Å²) in [5, 5.41) is 10.8. The first-order valence-electron chi connectivity index (χ1n) is 6.06. The van der Waals surface area contributed by atoms with Gasteiger partial charge in [0.1, 0.15) is 13.1 Å². The Labute approximate surface area is 105 Å². The highest BCUT2D eigenvalue weighted by Gasteiger charge is 2.18. The zero-order chi connectivity index (χ0) is 13.0. The molecule has 0 saturated heterocycles. The average Bonchev–Trinajstić information content (AvgIpc) is 2.67. The Kier molecular flexibility index (Phi) is 3.78. The van der Waals surface area contributed by atoms with Crippen molar-refractivity contribution in [2.45, 2.75) is 32.2 Å². The van der Waals surface area contributed by atoms with Gasteiger partial charge in [0, 0.05) is 24.4 Å². The highest BCUT2D eigenvalue weighted by molar-refractivity contribution is 5.97. The van der Waals surface area contributed by atoms with E-state index in [9.17, 15) is 9.59 Å². The van der Waals surface area contributed by atoms with E-state index in [2.05, 4.69) is 5.32 Å². The van der Waals surface area contributed by atoms with Crippen LogP contribution in [0.3, 0.4) is 0 Å². The van der Waals surface area contributed by atoms with Crippen molar-refractivity contribution in [3.8, 4) is 6.07 Å². The lowest BCUT2D eigenvalue weighted by Crippen LogP contribution is -2.27. The first-order chi connectivity index (χ1) is 8.70. The Morgan fingerprint density at radius 1 is 1.39 bits per heavy atom. The molecule has 1 aromatic rings. The molecule has 0 aliphatic heterocycles. The molecule has 1 heterocycles. The highest BCUT2D eigenvalue weighted by Crippen LogP contribution is 2.21. The summed E-state index contributed by atoms with van der Waals surface area (Å²) in [6.07, 6.45) is 7.06. The molecule has 18 heavy (non-hydrogen) atoms. The maximum absolute atomic E-state index is 11.8. The van der Waals surface area contributed by atoms with Crippen LogP contribution in [0.2, 0.25) is 0 Å². The first kappa shape index (κ1) is 12.4. The third-order valence-electron chi connectivity index (χ3n) is 3.05. The molecule has 0 unspecified atom stereocenters. The number of nitriles is 1. The molecule has 5 nitrogen and oxygen atoms in total. The van der Waals surface area contributed by atoms with E-state index in [0.29, 0.717) is 6.42 Å². The zero-order valence-corrected chi connectivity index (χ0v) is 10.1. The molecule has 0 aromatic carbocycles. The fraction of sp³-hybridized carbons (Fsp3) is 0.462. The number of hydrogen-bond acceptors (Lipinski definition) is 3. The summed E-state index contributed by atoms with van der Waals surface area (Å²) >= 11 is 0. The van der Waals surface area contributed by atoms with E-state index in [-0.39, 0.29) is 24.8 Å². The van der Waals surface area contributed by atoms with Gasteiger partial charge in [0.05, 0.1) is 6.07 Å². The van der Waals surface area contributed by atoms with Gasteiger partial charge in [-0.2, -0.15) is 5.26 Å². The fourth-order valence-corrected chi connectivity index (χ4v) is 2.19. The number of aryl methyl sites for hydroxylation is 1. The molecule has 0 fully saturated rings. The largest absolute Gasteiger partial charge is 0.344 e. The van der Waals surface area contributed by atoms with Crippen LogP contribution in [0.4, 0.5) is 0 Å². The monoisotopic (exact) mass is 245 g/mol. The van der Waals surface area contributed by atoms with Gasteiger partial charge >= 0.3 is 0 Å². The van der Waals surface area contributed by atoms with E-state index in [0.717, 1.165) is 30.4 Å². The summed E-state index contributed by atoms with van der Waals surface area (Å²) in [5.74, 6) is -0.0483. The molecular formula is C13H15N3O2. The highest BCUT2D eigenvalue weighted by atomic mass is 16.2. The predicted molar refractivity (Wildman–Crippen MR) is 64.9 cm³/mol. The normalized spacial score (nSPS) is 14.5. The molecule has 1 aliphatic carbocycles. The molecule has 1 N–H and O–H groups in total. The lowest BCUT2D eigenvalue weighted by atomic mass is 10.1. The van der Waals surface area contributed by atoms with Crippen LogP contribution < -0.4 is 5.32 Å². The Morgan fingerprint density at radius 2 is 2.17 bits per heavy atom. The van der Waals surface area contributed by atoms with Crippen molar-refractivity contribution >= 4 is 11.7 Å². The number of amides is 1. The molecule has 1 aromatic heterocycles. The lowest BCUT2D eigenvalue weighted by molar-refractivity contribution is -0.121. The van der Waals surface area contributed by atoms with Gasteiger partial charge in [0.25, 0.3) is 0 Å². The molecule has 0 bridgehead atoms. The van der Waals surface area contributed by atoms with E-state index >= 15 is 0 Å². The van der Waals surface area contributed by atoms with Crippen LogP contribution in [0.1, 0.15) is 35.2 Å². The van der Waals surface area contributed by atoms with E-state index in [1.54, 1.807) is 10.8 Å². The summed E-state index contributed by atoms with van der Waals surface area (Å²) in [4.78, 5) is 23.3. The number of Topliss-reactive ketones (excluding diaryl/α,β-unsaturated/α-hetero) is 1. The maximum atomic E-state index is 11.8. The molecule has 0 atom stereocenters. The number of hydrogen-bond donors (Lipinski definition) is 1. The number of carbonyl (C=O) groups is 2. The molecule has 1 aliphatic rings. The fourth-order valence-electron chi connectivity index (χ4n) is 2.19. The van der Waals surface area contributed by atoms with Crippen LogP contribution >= 0.6 is 0 Å². The number of nitrogens with zero attached hydrogens (tertiary/aromatic N) is 2. The van der Waals surface area contributed by atoms with Crippen LogP contribution in [0.15, 0.2) is 12.4 Å². The van der Waals surface area contributed by atoms with Crippen LogP contribution in [0.5, 0.6) is 0 Å². The van der Waals surface area contributed by atoms with Crippen molar-refractivity contribution in [1.29, 1.82) is 5.26 Å². The van der Waals surface area contributed by atoms with Gasteiger partial charge < -0.3 is 9.88 Å². The minimum Gasteiger partial charge on any atom is -0.344 e. The second-order valence-corrected chi connectivity index (χ2v) is 4.43. The number of fused-ring (bicyclic) bond motifs is 1. The summed E-state index contributed by atoms with van der Waals surface area (Å²) < 4.78 is 1.72. The molecule has 94 valence electrons. The van der Waals surface area contributed by atoms with Crippen LogP contribution in [0, 0.1) is 11.3 Å². The Hall–Kier alpha value is -2.09. The topological polar surface area (TPSA) is 74.9 Å². The third kappa shape index (κ3) is 2.77. The van der Waals surface area contributed by atoms with E-state index in [4.69, 9.17) is 5.26 Å². The Balaban J connectivity index is 2.08. The minimum absolute atomic E-state index is 0.0126. The van der Waals surface area contributed by atoms with Gasteiger partial charge in [0.2, 0.25) is 5.91 Å². The number of aromatic nitrogens is 1. The van der Waals surface area contributed by atoms with Gasteiger partial charge in [-0.25, -0.2) is 0 Å². The standard InChI is InChI=1S/C13H15N3O2/c14-5-6-15-13(18)9-16-7-10-3-1-2-4-12(17)11(10)8-16/h7-8H,1-4,6,9H2,(H,15,18). The number of ketones is 1. The van der Waals surface area contributed by atoms with Gasteiger partial charge in [-0.05, 0) is 24.8 Å². The summed E-state index contributed by atoms with van der Waals surface area (Å²) in [6.45, 7) is 0.167. The van der Waals surface area contributed by atoms with Crippen molar-refractivity contribution < 1.29 is 9.59 Å². The van der Waals surface area contributed by atoms with E-state index in [1.807, 2.05) is 12.3 Å². The molecular weight excluding hydrogens is 230 g/mol. The van der Waals surface area contributed by atoms with Gasteiger partial charge in [-0.1, -0.05) is 0 Å². The number of nitrogens with one attached hydrogen (secondary N) is 1. The van der Waals surface area contributed by atoms with Gasteiger partial charge in [-0.15, -0.1) is 0 Å². The molecule has 0 saturated carbocycles. The summed E-state index contributed by atoms with van der Waals surface area (Å²) in [7, 11) is 0. The molecule has 0 spiro atoms. The maximum Gasteiger partial charge on any atom is 0.240 e. The van der Waals surface area contributed by atoms with Crippen molar-refractivity contribution in [1.82, 2.24) is 9.88 Å². The third-order valence-corrected chi connectivity index (χ3v) is 3.05. The first-order valence-corrected chi connectivity index (χ1v) is 6.06. The van der Waals surface area contributed by atoms with E-state index in [1.165, 1.54) is 0 Å². The van der Waals surface area contributed by atoms with Crippen LogP contribution in [-0.2, 0) is 17.8 Å². The Morgan fingerprint density at radius 3 is 2.94 bits per heavy atom. The quantitative estimate of drug-likeness (QED) is 0.638. The second-order valence-electron chi connectivity index (χ2n) is 4.43. The summed E-state index contributed by atoms with van der Waals surface area (Å²) in [5.41, 5.74) is 1.78. The smallest absolute Gasteiger partial charge is 0.240 e. The van der Waals surface area contributed by atoms with Crippen LogP contribution in [-0.4, -0.2) is 22.8 Å². The van der Waals surface area contributed by atoms with Crippen molar-refractivity contribution in [3.05, 3.63) is 23.5 Å². The molecule has 5 heteroatoms. The molecule has 0 radical (unpaired) electrons. The summed E-state index contributed by atoms with van der Waals surface area (Å²) in [6, 6.07) is 1.85. The van der Waals surface area contributed by atoms with Crippen molar-refractivity contribution in [2.75, 3.05) is 6.54 Å². The molecule has 1 amide bonds. The predicted octanol–water partition coefficient (Wildman–Crippen LogP) is 1.04. The number of carbonyl (C=O) groups excluding carboxylic acids is 2.